The first-order valence-electron chi connectivity index (χ1n) is 5.86. The van der Waals surface area contributed by atoms with Crippen LogP contribution in [0.1, 0.15) is 16.8 Å². The van der Waals surface area contributed by atoms with Crippen LogP contribution in [0.15, 0.2) is 23.0 Å². The molecule has 3 nitrogen and oxygen atoms in total. The molecule has 1 aromatic carbocycles. The van der Waals surface area contributed by atoms with Gasteiger partial charge in [-0.3, -0.25) is 4.79 Å². The van der Waals surface area contributed by atoms with E-state index >= 15 is 0 Å². The molecule has 0 aliphatic carbocycles. The zero-order chi connectivity index (χ0) is 16.7. The number of hydrogen-bond donors (Lipinski definition) is 1. The lowest BCUT2D eigenvalue weighted by Gasteiger charge is -2.15. The van der Waals surface area contributed by atoms with Crippen molar-refractivity contribution in [2.45, 2.75) is 13.1 Å². The number of nitrogens with zero attached hydrogens (tertiary/aromatic N) is 1. The van der Waals surface area contributed by atoms with Gasteiger partial charge in [-0.2, -0.15) is 18.4 Å². The highest BCUT2D eigenvalue weighted by Crippen LogP contribution is 2.41. The van der Waals surface area contributed by atoms with Crippen LogP contribution in [0.4, 0.5) is 17.6 Å². The number of alkyl halides is 3. The summed E-state index contributed by atoms with van der Waals surface area (Å²) in [7, 11) is 0. The molecule has 0 aliphatic heterocycles. The third-order valence-corrected chi connectivity index (χ3v) is 3.24. The second kappa shape index (κ2) is 5.46. The number of hydrogen-bond acceptors (Lipinski definition) is 2. The van der Waals surface area contributed by atoms with Crippen molar-refractivity contribution in [1.82, 2.24) is 4.98 Å². The van der Waals surface area contributed by atoms with Crippen LogP contribution in [0.5, 0.6) is 0 Å². The summed E-state index contributed by atoms with van der Waals surface area (Å²) in [6, 6.07) is 3.98. The van der Waals surface area contributed by atoms with Gasteiger partial charge in [-0.25, -0.2) is 4.39 Å². The first-order valence-corrected chi connectivity index (χ1v) is 6.24. The Morgan fingerprint density at radius 3 is 2.50 bits per heavy atom. The Hall–Kier alpha value is -2.33. The number of H-pyrrole nitrogens is 1. The maximum atomic E-state index is 14.2. The van der Waals surface area contributed by atoms with E-state index in [-0.39, 0.29) is 5.69 Å². The second-order valence-corrected chi connectivity index (χ2v) is 4.87. The maximum absolute atomic E-state index is 14.2. The zero-order valence-electron chi connectivity index (χ0n) is 11.0. The van der Waals surface area contributed by atoms with Crippen molar-refractivity contribution >= 4 is 11.6 Å². The first-order chi connectivity index (χ1) is 10.2. The van der Waals surface area contributed by atoms with Crippen molar-refractivity contribution in [3.05, 3.63) is 56.2 Å². The van der Waals surface area contributed by atoms with Gasteiger partial charge in [0, 0.05) is 16.8 Å². The second-order valence-electron chi connectivity index (χ2n) is 4.46. The molecule has 22 heavy (non-hydrogen) atoms. The fourth-order valence-corrected chi connectivity index (χ4v) is 2.20. The predicted octanol–water partition coefficient (Wildman–Crippen LogP) is 4.03. The van der Waals surface area contributed by atoms with Gasteiger partial charge in [-0.1, -0.05) is 11.6 Å². The van der Waals surface area contributed by atoms with E-state index in [9.17, 15) is 22.4 Å². The quantitative estimate of drug-likeness (QED) is 0.802. The Kier molecular flexibility index (Phi) is 3.98. The number of pyridine rings is 1. The summed E-state index contributed by atoms with van der Waals surface area (Å²) in [6.45, 7) is 1.40. The monoisotopic (exact) mass is 330 g/mol. The first kappa shape index (κ1) is 16.0. The summed E-state index contributed by atoms with van der Waals surface area (Å²) in [5, 5.41) is 8.46. The molecule has 0 aliphatic rings. The van der Waals surface area contributed by atoms with Gasteiger partial charge in [-0.05, 0) is 25.1 Å². The summed E-state index contributed by atoms with van der Waals surface area (Å²) in [5.41, 5.74) is -3.99. The van der Waals surface area contributed by atoms with Gasteiger partial charge in [0.2, 0.25) is 0 Å². The van der Waals surface area contributed by atoms with Crippen LogP contribution in [0.2, 0.25) is 5.02 Å². The lowest BCUT2D eigenvalue weighted by atomic mass is 9.95. The van der Waals surface area contributed by atoms with Crippen molar-refractivity contribution < 1.29 is 17.6 Å². The zero-order valence-corrected chi connectivity index (χ0v) is 11.7. The largest absolute Gasteiger partial charge is 0.417 e. The molecule has 1 heterocycles. The highest BCUT2D eigenvalue weighted by atomic mass is 35.5. The third-order valence-electron chi connectivity index (χ3n) is 2.95. The minimum absolute atomic E-state index is 0.187. The summed E-state index contributed by atoms with van der Waals surface area (Å²) < 4.78 is 53.5. The molecule has 0 fully saturated rings. The van der Waals surface area contributed by atoms with Gasteiger partial charge in [0.15, 0.2) is 0 Å². The van der Waals surface area contributed by atoms with Crippen LogP contribution in [0.3, 0.4) is 0 Å². The molecule has 1 aromatic heterocycles. The van der Waals surface area contributed by atoms with Crippen LogP contribution >= 0.6 is 11.6 Å². The number of aromatic nitrogens is 1. The number of nitrogens with one attached hydrogen (secondary N) is 1. The van der Waals surface area contributed by atoms with Gasteiger partial charge in [0.25, 0.3) is 5.56 Å². The average Bonchev–Trinajstić information content (AvgIpc) is 2.39. The Labute approximate surface area is 126 Å². The maximum Gasteiger partial charge on any atom is 0.417 e. The SMILES string of the molecule is Cc1cc(-c2c(C(F)(F)F)ccc(Cl)c2F)c(C#N)c(=O)[nH]1. The fraction of sp³-hybridized carbons (Fsp3) is 0.143. The van der Waals surface area contributed by atoms with Gasteiger partial charge < -0.3 is 4.98 Å². The van der Waals surface area contributed by atoms with Crippen LogP contribution in [0, 0.1) is 24.1 Å². The van der Waals surface area contributed by atoms with Crippen LogP contribution < -0.4 is 5.56 Å². The molecule has 0 bridgehead atoms. The van der Waals surface area contributed by atoms with E-state index in [4.69, 9.17) is 16.9 Å². The van der Waals surface area contributed by atoms with Crippen LogP contribution in [0.25, 0.3) is 11.1 Å². The number of nitriles is 1. The van der Waals surface area contributed by atoms with Gasteiger partial charge in [-0.15, -0.1) is 0 Å². The number of rotatable bonds is 1. The molecule has 0 unspecified atom stereocenters. The molecule has 2 aromatic rings. The molecule has 2 rings (SSSR count). The van der Waals surface area contributed by atoms with Crippen molar-refractivity contribution in [3.63, 3.8) is 0 Å². The van der Waals surface area contributed by atoms with Gasteiger partial charge in [0.1, 0.15) is 17.4 Å². The van der Waals surface area contributed by atoms with Crippen molar-refractivity contribution in [3.8, 4) is 17.2 Å². The van der Waals surface area contributed by atoms with E-state index in [1.54, 1.807) is 0 Å². The predicted molar refractivity (Wildman–Crippen MR) is 71.9 cm³/mol. The molecule has 0 radical (unpaired) electrons. The number of aryl methyl sites for hydroxylation is 1. The molecule has 0 amide bonds. The van der Waals surface area contributed by atoms with E-state index < -0.39 is 44.8 Å². The van der Waals surface area contributed by atoms with E-state index in [1.807, 2.05) is 0 Å². The molecule has 0 saturated heterocycles. The fourth-order valence-electron chi connectivity index (χ4n) is 2.05. The Bertz CT molecular complexity index is 850. The summed E-state index contributed by atoms with van der Waals surface area (Å²) in [6.07, 6.45) is -4.87. The minimum atomic E-state index is -4.87. The smallest absolute Gasteiger partial charge is 0.325 e. The number of benzene rings is 1. The van der Waals surface area contributed by atoms with E-state index in [0.29, 0.717) is 6.07 Å². The van der Waals surface area contributed by atoms with Gasteiger partial charge in [0.05, 0.1) is 10.6 Å². The van der Waals surface area contributed by atoms with Gasteiger partial charge >= 0.3 is 6.18 Å². The average molecular weight is 331 g/mol. The van der Waals surface area contributed by atoms with Crippen molar-refractivity contribution in [1.29, 1.82) is 5.26 Å². The Balaban J connectivity index is 2.99. The minimum Gasteiger partial charge on any atom is -0.325 e. The lowest BCUT2D eigenvalue weighted by Crippen LogP contribution is -2.15. The normalized spacial score (nSPS) is 11.3. The molecular formula is C14H7ClF4N2O. The van der Waals surface area contributed by atoms with Crippen LogP contribution in [-0.4, -0.2) is 4.98 Å². The highest BCUT2D eigenvalue weighted by Gasteiger charge is 2.36. The Morgan fingerprint density at radius 2 is 1.95 bits per heavy atom. The number of halogens is 5. The lowest BCUT2D eigenvalue weighted by molar-refractivity contribution is -0.137. The molecule has 0 spiro atoms. The van der Waals surface area contributed by atoms with Crippen molar-refractivity contribution in [2.24, 2.45) is 0 Å². The molecule has 0 atom stereocenters. The third kappa shape index (κ3) is 2.70. The molecule has 1 N–H and O–H groups in total. The summed E-state index contributed by atoms with van der Waals surface area (Å²) >= 11 is 5.55. The number of aromatic amines is 1. The summed E-state index contributed by atoms with van der Waals surface area (Å²) in [5.74, 6) is -1.34. The highest BCUT2D eigenvalue weighted by molar-refractivity contribution is 6.31. The van der Waals surface area contributed by atoms with Crippen molar-refractivity contribution in [2.75, 3.05) is 0 Å². The molecule has 8 heteroatoms. The van der Waals surface area contributed by atoms with E-state index in [1.165, 1.54) is 13.0 Å². The molecule has 114 valence electrons. The van der Waals surface area contributed by atoms with Crippen LogP contribution in [-0.2, 0) is 6.18 Å². The van der Waals surface area contributed by atoms with E-state index in [2.05, 4.69) is 4.98 Å². The summed E-state index contributed by atoms with van der Waals surface area (Å²) in [4.78, 5) is 14.0. The topological polar surface area (TPSA) is 56.6 Å². The van der Waals surface area contributed by atoms with E-state index in [0.717, 1.165) is 12.1 Å². The Morgan fingerprint density at radius 1 is 1.32 bits per heavy atom. The molecule has 0 saturated carbocycles. The standard InChI is InChI=1S/C14H7ClF4N2O/c1-6-4-7(8(5-20)13(22)21-6)11-9(14(17,18)19)2-3-10(15)12(11)16/h2-4H,1H3,(H,21,22). The molecular weight excluding hydrogens is 324 g/mol.